The van der Waals surface area contributed by atoms with Crippen LogP contribution in [0.25, 0.3) is 10.8 Å². The first-order valence-electron chi connectivity index (χ1n) is 7.56. The molecule has 0 spiro atoms. The van der Waals surface area contributed by atoms with Gasteiger partial charge in [-0.3, -0.25) is 0 Å². The first-order valence-corrected chi connectivity index (χ1v) is 7.56. The van der Waals surface area contributed by atoms with Gasteiger partial charge in [-0.05, 0) is 87.2 Å². The molecule has 0 saturated carbocycles. The molecule has 0 radical (unpaired) electrons. The Labute approximate surface area is 132 Å². The van der Waals surface area contributed by atoms with Crippen molar-refractivity contribution in [2.75, 3.05) is 0 Å². The van der Waals surface area contributed by atoms with Crippen LogP contribution in [0, 0.1) is 0 Å². The summed E-state index contributed by atoms with van der Waals surface area (Å²) >= 11 is 0. The van der Waals surface area contributed by atoms with Crippen LogP contribution in [0.5, 0.6) is 0 Å². The Kier molecular flexibility index (Phi) is 3.89. The van der Waals surface area contributed by atoms with E-state index in [2.05, 4.69) is 0 Å². The van der Waals surface area contributed by atoms with E-state index in [0.717, 1.165) is 27.5 Å². The minimum absolute atomic E-state index is 0.741. The summed E-state index contributed by atoms with van der Waals surface area (Å²) in [6.45, 7) is 10.4. The van der Waals surface area contributed by atoms with E-state index in [1.54, 1.807) is 41.5 Å². The van der Waals surface area contributed by atoms with Crippen LogP contribution in [0.15, 0.2) is 30.3 Å². The van der Waals surface area contributed by atoms with Gasteiger partial charge in [-0.25, -0.2) is 0 Å². The van der Waals surface area contributed by atoms with Gasteiger partial charge in [-0.2, -0.15) is 0 Å². The Hall–Kier alpha value is -1.42. The van der Waals surface area contributed by atoms with Gasteiger partial charge in [0.1, 0.15) is 0 Å². The number of hydrogen-bond acceptors (Lipinski definition) is 3. The lowest BCUT2D eigenvalue weighted by atomic mass is 9.85. The van der Waals surface area contributed by atoms with Crippen molar-refractivity contribution in [1.82, 2.24) is 0 Å². The highest BCUT2D eigenvalue weighted by atomic mass is 16.3. The molecule has 0 aliphatic rings. The summed E-state index contributed by atoms with van der Waals surface area (Å²) in [5.41, 5.74) is -0.647. The van der Waals surface area contributed by atoms with Gasteiger partial charge in [0.2, 0.25) is 0 Å². The number of fused-ring (bicyclic) bond motifs is 1. The van der Waals surface area contributed by atoms with E-state index in [1.165, 1.54) is 0 Å². The summed E-state index contributed by atoms with van der Waals surface area (Å²) in [5.74, 6) is 0. The summed E-state index contributed by atoms with van der Waals surface area (Å²) in [6, 6.07) is 9.48. The van der Waals surface area contributed by atoms with Crippen LogP contribution in [0.3, 0.4) is 0 Å². The number of rotatable bonds is 3. The summed E-state index contributed by atoms with van der Waals surface area (Å²) < 4.78 is 0. The maximum atomic E-state index is 10.5. The molecule has 3 N–H and O–H groups in total. The lowest BCUT2D eigenvalue weighted by Crippen LogP contribution is -2.21. The average molecular weight is 302 g/mol. The van der Waals surface area contributed by atoms with E-state index in [9.17, 15) is 15.3 Å². The summed E-state index contributed by atoms with van der Waals surface area (Å²) in [7, 11) is 0. The van der Waals surface area contributed by atoms with Crippen molar-refractivity contribution in [2.45, 2.75) is 58.3 Å². The van der Waals surface area contributed by atoms with Crippen molar-refractivity contribution in [3.8, 4) is 0 Å². The maximum absolute atomic E-state index is 10.5. The topological polar surface area (TPSA) is 60.7 Å². The molecule has 0 saturated heterocycles. The fourth-order valence-electron chi connectivity index (χ4n) is 2.61. The van der Waals surface area contributed by atoms with Crippen molar-refractivity contribution < 1.29 is 15.3 Å². The molecule has 2 rings (SSSR count). The zero-order chi connectivity index (χ0) is 16.9. The molecule has 0 aliphatic heterocycles. The lowest BCUT2D eigenvalue weighted by molar-refractivity contribution is 0.0729. The van der Waals surface area contributed by atoms with Gasteiger partial charge in [-0.1, -0.05) is 12.1 Å². The van der Waals surface area contributed by atoms with Gasteiger partial charge in [-0.15, -0.1) is 0 Å². The Morgan fingerprint density at radius 3 is 1.59 bits per heavy atom. The Bertz CT molecular complexity index is 690. The van der Waals surface area contributed by atoms with E-state index in [4.69, 9.17) is 0 Å². The Morgan fingerprint density at radius 1 is 0.636 bits per heavy atom. The molecule has 0 unspecified atom stereocenters. The second-order valence-corrected chi connectivity index (χ2v) is 7.64. The highest BCUT2D eigenvalue weighted by Crippen LogP contribution is 2.35. The van der Waals surface area contributed by atoms with E-state index in [0.29, 0.717) is 0 Å². The zero-order valence-electron chi connectivity index (χ0n) is 14.2. The molecule has 0 heterocycles. The molecule has 3 heteroatoms. The number of benzene rings is 2. The highest BCUT2D eigenvalue weighted by molar-refractivity contribution is 5.88. The van der Waals surface area contributed by atoms with E-state index >= 15 is 0 Å². The van der Waals surface area contributed by atoms with E-state index < -0.39 is 16.8 Å². The van der Waals surface area contributed by atoms with Gasteiger partial charge in [0.05, 0.1) is 16.8 Å². The summed E-state index contributed by atoms with van der Waals surface area (Å²) in [6.07, 6.45) is 0. The van der Waals surface area contributed by atoms with Crippen molar-refractivity contribution in [2.24, 2.45) is 0 Å². The van der Waals surface area contributed by atoms with Crippen LogP contribution in [-0.2, 0) is 16.8 Å². The van der Waals surface area contributed by atoms with E-state index in [1.807, 2.05) is 30.3 Å². The van der Waals surface area contributed by atoms with Gasteiger partial charge >= 0.3 is 0 Å². The second-order valence-electron chi connectivity index (χ2n) is 7.64. The van der Waals surface area contributed by atoms with Crippen LogP contribution >= 0.6 is 0 Å². The molecule has 2 aromatic carbocycles. The average Bonchev–Trinajstić information content (AvgIpc) is 2.33. The normalized spacial score (nSPS) is 13.7. The smallest absolute Gasteiger partial charge is 0.0846 e. The predicted molar refractivity (Wildman–Crippen MR) is 89.7 cm³/mol. The third-order valence-corrected chi connectivity index (χ3v) is 4.02. The van der Waals surface area contributed by atoms with Gasteiger partial charge in [0.15, 0.2) is 0 Å². The Morgan fingerprint density at radius 2 is 1.14 bits per heavy atom. The standard InChI is InChI=1S/C19H26O3/c1-17(2,20)13-7-8-15-12(9-13)10-14(18(3,4)21)11-16(15)19(5,6)22/h7-11,20-22H,1-6H3. The largest absolute Gasteiger partial charge is 0.386 e. The highest BCUT2D eigenvalue weighted by Gasteiger charge is 2.25. The molecule has 0 fully saturated rings. The maximum Gasteiger partial charge on any atom is 0.0846 e. The third-order valence-electron chi connectivity index (χ3n) is 4.02. The van der Waals surface area contributed by atoms with Crippen LogP contribution in [-0.4, -0.2) is 15.3 Å². The number of hydrogen-bond donors (Lipinski definition) is 3. The quantitative estimate of drug-likeness (QED) is 0.813. The molecular formula is C19H26O3. The predicted octanol–water partition coefficient (Wildman–Crippen LogP) is 3.52. The minimum Gasteiger partial charge on any atom is -0.386 e. The molecule has 0 atom stereocenters. The lowest BCUT2D eigenvalue weighted by Gasteiger charge is -2.26. The molecule has 0 amide bonds. The van der Waals surface area contributed by atoms with Crippen LogP contribution in [0.4, 0.5) is 0 Å². The molecule has 2 aromatic rings. The minimum atomic E-state index is -1.02. The SMILES string of the molecule is CC(C)(O)c1ccc2c(C(C)(C)O)cc(C(C)(C)O)cc2c1. The van der Waals surface area contributed by atoms with Crippen LogP contribution in [0.2, 0.25) is 0 Å². The summed E-state index contributed by atoms with van der Waals surface area (Å²) in [4.78, 5) is 0. The van der Waals surface area contributed by atoms with Crippen LogP contribution in [0.1, 0.15) is 58.2 Å². The molecule has 0 aliphatic carbocycles. The summed E-state index contributed by atoms with van der Waals surface area (Å²) in [5, 5.41) is 32.8. The van der Waals surface area contributed by atoms with Gasteiger partial charge < -0.3 is 15.3 Å². The fraction of sp³-hybridized carbons (Fsp3) is 0.474. The zero-order valence-corrected chi connectivity index (χ0v) is 14.2. The Balaban J connectivity index is 2.83. The fourth-order valence-corrected chi connectivity index (χ4v) is 2.61. The molecular weight excluding hydrogens is 276 g/mol. The van der Waals surface area contributed by atoms with Crippen molar-refractivity contribution >= 4 is 10.8 Å². The van der Waals surface area contributed by atoms with Gasteiger partial charge in [0.25, 0.3) is 0 Å². The van der Waals surface area contributed by atoms with Crippen molar-refractivity contribution in [3.63, 3.8) is 0 Å². The van der Waals surface area contributed by atoms with Gasteiger partial charge in [0, 0.05) is 0 Å². The molecule has 0 aromatic heterocycles. The molecule has 3 nitrogen and oxygen atoms in total. The van der Waals surface area contributed by atoms with Crippen molar-refractivity contribution in [1.29, 1.82) is 0 Å². The molecule has 0 bridgehead atoms. The molecule has 120 valence electrons. The van der Waals surface area contributed by atoms with Crippen molar-refractivity contribution in [3.05, 3.63) is 47.0 Å². The van der Waals surface area contributed by atoms with E-state index in [-0.39, 0.29) is 0 Å². The number of aliphatic hydroxyl groups is 3. The second kappa shape index (κ2) is 5.05. The molecule has 22 heavy (non-hydrogen) atoms. The first-order chi connectivity index (χ1) is 9.80. The monoisotopic (exact) mass is 302 g/mol. The van der Waals surface area contributed by atoms with Crippen LogP contribution < -0.4 is 0 Å². The first kappa shape index (κ1) is 16.9. The third kappa shape index (κ3) is 3.32.